The van der Waals surface area contributed by atoms with Gasteiger partial charge in [0.05, 0.1) is 20.4 Å². The van der Waals surface area contributed by atoms with Crippen molar-refractivity contribution in [2.24, 2.45) is 0 Å². The van der Waals surface area contributed by atoms with Crippen LogP contribution in [0.15, 0.2) is 43.9 Å². The van der Waals surface area contributed by atoms with Crippen molar-refractivity contribution in [2.75, 3.05) is 18.8 Å². The third-order valence-corrected chi connectivity index (χ3v) is 8.45. The fraction of sp³-hybridized carbons (Fsp3) is 0.444. The average Bonchev–Trinajstić information content (AvgIpc) is 2.94. The zero-order chi connectivity index (χ0) is 18.6. The number of carbonyl (C=O) groups excluding carboxylic acids is 1. The van der Waals surface area contributed by atoms with Crippen molar-refractivity contribution in [2.45, 2.75) is 46.7 Å². The number of thioether (sulfide) groups is 1. The number of nitrogens with zero attached hydrogens (tertiary/aromatic N) is 2. The van der Waals surface area contributed by atoms with Crippen molar-refractivity contribution in [1.82, 2.24) is 9.88 Å². The number of benzene rings is 1. The molecule has 0 bridgehead atoms. The summed E-state index contributed by atoms with van der Waals surface area (Å²) in [5, 5.41) is 0.0556. The van der Waals surface area contributed by atoms with Crippen LogP contribution in [0.5, 0.6) is 0 Å². The molecule has 1 fully saturated rings. The van der Waals surface area contributed by atoms with E-state index in [4.69, 9.17) is 0 Å². The first-order chi connectivity index (χ1) is 12.5. The zero-order valence-electron chi connectivity index (χ0n) is 14.7. The molecule has 2 aromatic rings. The van der Waals surface area contributed by atoms with Crippen LogP contribution in [0.25, 0.3) is 0 Å². The number of carbonyl (C=O) groups is 1. The number of aryl methyl sites for hydroxylation is 1. The summed E-state index contributed by atoms with van der Waals surface area (Å²) in [5.74, 6) is 0.322. The Balaban J connectivity index is 1.72. The summed E-state index contributed by atoms with van der Waals surface area (Å²) < 4.78 is 26.3. The van der Waals surface area contributed by atoms with E-state index in [1.807, 2.05) is 11.8 Å². The van der Waals surface area contributed by atoms with Crippen LogP contribution >= 0.6 is 23.1 Å². The van der Waals surface area contributed by atoms with Gasteiger partial charge in [0.2, 0.25) is 15.7 Å². The second-order valence-electron chi connectivity index (χ2n) is 6.35. The fourth-order valence-electron chi connectivity index (χ4n) is 2.87. The highest BCUT2D eigenvalue weighted by molar-refractivity contribution is 8.02. The van der Waals surface area contributed by atoms with Gasteiger partial charge in [-0.3, -0.25) is 4.79 Å². The Morgan fingerprint density at radius 1 is 1.15 bits per heavy atom. The average molecular weight is 411 g/mol. The summed E-state index contributed by atoms with van der Waals surface area (Å²) in [6, 6.07) is 6.74. The van der Waals surface area contributed by atoms with E-state index in [1.54, 1.807) is 24.3 Å². The summed E-state index contributed by atoms with van der Waals surface area (Å²) in [6.07, 6.45) is 4.43. The maximum Gasteiger partial charge on any atom is 0.232 e. The van der Waals surface area contributed by atoms with Gasteiger partial charge in [0, 0.05) is 13.1 Å². The highest BCUT2D eigenvalue weighted by Gasteiger charge is 2.25. The van der Waals surface area contributed by atoms with Gasteiger partial charge in [-0.1, -0.05) is 30.5 Å². The summed E-state index contributed by atoms with van der Waals surface area (Å²) >= 11 is 2.54. The van der Waals surface area contributed by atoms with Crippen LogP contribution in [0.3, 0.4) is 0 Å². The molecule has 1 aliphatic rings. The summed E-state index contributed by atoms with van der Waals surface area (Å²) in [4.78, 5) is 18.7. The van der Waals surface area contributed by atoms with E-state index in [0.717, 1.165) is 31.5 Å². The molecule has 1 aromatic heterocycles. The topological polar surface area (TPSA) is 67.3 Å². The quantitative estimate of drug-likeness (QED) is 0.702. The highest BCUT2D eigenvalue weighted by Crippen LogP contribution is 2.33. The lowest BCUT2D eigenvalue weighted by Gasteiger charge is -2.19. The van der Waals surface area contributed by atoms with Crippen LogP contribution in [0.4, 0.5) is 0 Å². The number of likely N-dealkylation sites (tertiary alicyclic amines) is 1. The number of aromatic nitrogens is 1. The van der Waals surface area contributed by atoms with Gasteiger partial charge < -0.3 is 4.90 Å². The Bertz CT molecular complexity index is 852. The van der Waals surface area contributed by atoms with Gasteiger partial charge >= 0.3 is 0 Å². The molecule has 0 unspecified atom stereocenters. The smallest absolute Gasteiger partial charge is 0.232 e. The molecule has 3 rings (SSSR count). The van der Waals surface area contributed by atoms with E-state index in [-0.39, 0.29) is 21.6 Å². The van der Waals surface area contributed by atoms with Crippen molar-refractivity contribution in [3.05, 3.63) is 35.3 Å². The maximum absolute atomic E-state index is 12.9. The number of rotatable bonds is 5. The van der Waals surface area contributed by atoms with Gasteiger partial charge in [0.15, 0.2) is 5.03 Å². The number of hydrogen-bond acceptors (Lipinski definition) is 6. The number of thiazole rings is 1. The van der Waals surface area contributed by atoms with Crippen LogP contribution in [0, 0.1) is 6.92 Å². The van der Waals surface area contributed by atoms with Crippen LogP contribution in [-0.4, -0.2) is 43.1 Å². The second kappa shape index (κ2) is 8.54. The first-order valence-electron chi connectivity index (χ1n) is 8.64. The summed E-state index contributed by atoms with van der Waals surface area (Å²) in [7, 11) is -3.67. The molecule has 0 aliphatic carbocycles. The van der Waals surface area contributed by atoms with Crippen LogP contribution in [-0.2, 0) is 14.6 Å². The van der Waals surface area contributed by atoms with Crippen molar-refractivity contribution in [1.29, 1.82) is 0 Å². The van der Waals surface area contributed by atoms with Gasteiger partial charge in [0.1, 0.15) is 0 Å². The van der Waals surface area contributed by atoms with Crippen molar-refractivity contribution in [3.63, 3.8) is 0 Å². The zero-order valence-corrected chi connectivity index (χ0v) is 17.1. The summed E-state index contributed by atoms with van der Waals surface area (Å²) in [6.45, 7) is 3.52. The minimum Gasteiger partial charge on any atom is -0.342 e. The molecule has 0 saturated carbocycles. The minimum absolute atomic E-state index is 0.0556. The number of hydrogen-bond donors (Lipinski definition) is 0. The van der Waals surface area contributed by atoms with E-state index < -0.39 is 9.84 Å². The molecule has 1 amide bonds. The molecular formula is C18H22N2O3S3. The Labute approximate surface area is 162 Å². The molecular weight excluding hydrogens is 388 g/mol. The monoisotopic (exact) mass is 410 g/mol. The maximum atomic E-state index is 12.9. The minimum atomic E-state index is -3.67. The Morgan fingerprint density at radius 3 is 2.46 bits per heavy atom. The van der Waals surface area contributed by atoms with Gasteiger partial charge in [-0.15, -0.1) is 23.1 Å². The molecule has 8 heteroatoms. The normalized spacial score (nSPS) is 15.7. The van der Waals surface area contributed by atoms with Gasteiger partial charge in [-0.05, 0) is 31.9 Å². The SMILES string of the molecule is Cc1ccc(S(=O)(=O)c2ncsc2SCC(=O)N2CCCCCC2)cc1. The first-order valence-corrected chi connectivity index (χ1v) is 12.0. The van der Waals surface area contributed by atoms with E-state index in [2.05, 4.69) is 4.98 Å². The molecule has 1 aromatic carbocycles. The molecule has 0 spiro atoms. The van der Waals surface area contributed by atoms with Crippen molar-refractivity contribution >= 4 is 38.8 Å². The van der Waals surface area contributed by atoms with E-state index in [1.165, 1.54) is 41.5 Å². The lowest BCUT2D eigenvalue weighted by atomic mass is 10.2. The van der Waals surface area contributed by atoms with Gasteiger partial charge in [-0.25, -0.2) is 13.4 Å². The van der Waals surface area contributed by atoms with Gasteiger partial charge in [-0.2, -0.15) is 0 Å². The second-order valence-corrected chi connectivity index (χ2v) is 10.3. The third-order valence-electron chi connectivity index (χ3n) is 4.38. The molecule has 1 saturated heterocycles. The van der Waals surface area contributed by atoms with E-state index >= 15 is 0 Å². The standard InChI is InChI=1S/C18H22N2O3S3/c1-14-6-8-15(9-7-14)26(22,23)17-18(25-13-19-17)24-12-16(21)20-10-4-2-3-5-11-20/h6-9,13H,2-5,10-12H2,1H3. The van der Waals surface area contributed by atoms with Crippen LogP contribution in [0.2, 0.25) is 0 Å². The molecule has 0 atom stereocenters. The lowest BCUT2D eigenvalue weighted by molar-refractivity contribution is -0.128. The number of amides is 1. The molecule has 1 aliphatic heterocycles. The lowest BCUT2D eigenvalue weighted by Crippen LogP contribution is -2.33. The van der Waals surface area contributed by atoms with E-state index in [9.17, 15) is 13.2 Å². The molecule has 0 radical (unpaired) electrons. The molecule has 0 N–H and O–H groups in total. The highest BCUT2D eigenvalue weighted by atomic mass is 32.2. The van der Waals surface area contributed by atoms with E-state index in [0.29, 0.717) is 4.21 Å². The Kier molecular flexibility index (Phi) is 6.37. The van der Waals surface area contributed by atoms with Crippen LogP contribution in [0.1, 0.15) is 31.2 Å². The predicted molar refractivity (Wildman–Crippen MR) is 105 cm³/mol. The van der Waals surface area contributed by atoms with Crippen molar-refractivity contribution in [3.8, 4) is 0 Å². The Morgan fingerprint density at radius 2 is 1.81 bits per heavy atom. The van der Waals surface area contributed by atoms with Crippen molar-refractivity contribution < 1.29 is 13.2 Å². The predicted octanol–water partition coefficient (Wildman–Crippen LogP) is 3.78. The summed E-state index contributed by atoms with van der Waals surface area (Å²) in [5.41, 5.74) is 2.53. The molecule has 2 heterocycles. The van der Waals surface area contributed by atoms with Crippen LogP contribution < -0.4 is 0 Å². The fourth-order valence-corrected chi connectivity index (χ4v) is 6.64. The number of sulfone groups is 1. The van der Waals surface area contributed by atoms with Gasteiger partial charge in [0.25, 0.3) is 0 Å². The largest absolute Gasteiger partial charge is 0.342 e. The first kappa shape index (κ1) is 19.4. The third kappa shape index (κ3) is 4.47. The Hall–Kier alpha value is -1.38. The molecule has 5 nitrogen and oxygen atoms in total. The molecule has 26 heavy (non-hydrogen) atoms. The molecule has 140 valence electrons.